The molecule has 0 radical (unpaired) electrons. The van der Waals surface area contributed by atoms with Gasteiger partial charge < -0.3 is 5.11 Å². The second kappa shape index (κ2) is 4.11. The summed E-state index contributed by atoms with van der Waals surface area (Å²) in [5.74, 6) is -1.06. The van der Waals surface area contributed by atoms with Gasteiger partial charge in [-0.1, -0.05) is 5.21 Å². The average molecular weight is 288 g/mol. The Balaban J connectivity index is 2.18. The van der Waals surface area contributed by atoms with Crippen molar-refractivity contribution in [2.45, 2.75) is 6.54 Å². The van der Waals surface area contributed by atoms with Crippen molar-refractivity contribution in [3.05, 3.63) is 32.7 Å². The third kappa shape index (κ3) is 2.24. The lowest BCUT2D eigenvalue weighted by atomic mass is 10.4. The molecule has 7 heteroatoms. The van der Waals surface area contributed by atoms with E-state index < -0.39 is 5.97 Å². The van der Waals surface area contributed by atoms with E-state index in [-0.39, 0.29) is 5.69 Å². The minimum atomic E-state index is -1.06. The van der Waals surface area contributed by atoms with E-state index in [9.17, 15) is 4.79 Å². The van der Waals surface area contributed by atoms with Crippen LogP contribution in [0.4, 0.5) is 0 Å². The second-order valence-electron chi connectivity index (χ2n) is 2.80. The maximum absolute atomic E-state index is 10.6. The molecule has 2 aromatic heterocycles. The van der Waals surface area contributed by atoms with Gasteiger partial charge in [-0.15, -0.1) is 16.4 Å². The molecule has 2 aromatic rings. The number of aromatic carboxylic acids is 1. The van der Waals surface area contributed by atoms with Crippen LogP contribution in [0.15, 0.2) is 22.1 Å². The van der Waals surface area contributed by atoms with Crippen molar-refractivity contribution >= 4 is 33.2 Å². The topological polar surface area (TPSA) is 68.0 Å². The number of carbonyl (C=O) groups is 1. The molecule has 15 heavy (non-hydrogen) atoms. The molecule has 0 aliphatic carbocycles. The molecule has 0 saturated carbocycles. The third-order valence-corrected chi connectivity index (χ3v) is 3.67. The first-order valence-corrected chi connectivity index (χ1v) is 5.69. The van der Waals surface area contributed by atoms with Gasteiger partial charge in [0.05, 0.1) is 12.7 Å². The fourth-order valence-corrected chi connectivity index (χ4v) is 2.53. The molecule has 0 amide bonds. The minimum absolute atomic E-state index is 0.0392. The molecule has 2 heterocycles. The zero-order valence-corrected chi connectivity index (χ0v) is 9.82. The predicted molar refractivity (Wildman–Crippen MR) is 58.1 cm³/mol. The van der Waals surface area contributed by atoms with E-state index >= 15 is 0 Å². The van der Waals surface area contributed by atoms with Crippen LogP contribution in [0.2, 0.25) is 0 Å². The SMILES string of the molecule is O=C(O)c1cn(Cc2sccc2Br)nn1. The summed E-state index contributed by atoms with van der Waals surface area (Å²) in [6.45, 7) is 0.526. The third-order valence-electron chi connectivity index (χ3n) is 1.75. The number of carboxylic acids is 1. The molecule has 0 spiro atoms. The Hall–Kier alpha value is -1.21. The molecule has 0 saturated heterocycles. The van der Waals surface area contributed by atoms with Gasteiger partial charge in [-0.05, 0) is 27.4 Å². The molecule has 0 aliphatic heterocycles. The van der Waals surface area contributed by atoms with E-state index in [0.717, 1.165) is 9.35 Å². The summed E-state index contributed by atoms with van der Waals surface area (Å²) in [6.07, 6.45) is 1.41. The van der Waals surface area contributed by atoms with Crippen LogP contribution in [0.5, 0.6) is 0 Å². The van der Waals surface area contributed by atoms with E-state index in [0.29, 0.717) is 6.54 Å². The molecule has 2 rings (SSSR count). The van der Waals surface area contributed by atoms with Gasteiger partial charge >= 0.3 is 5.97 Å². The Kier molecular flexibility index (Phi) is 2.83. The van der Waals surface area contributed by atoms with Crippen molar-refractivity contribution in [3.63, 3.8) is 0 Å². The summed E-state index contributed by atoms with van der Waals surface area (Å²) >= 11 is 4.97. The van der Waals surface area contributed by atoms with Crippen molar-refractivity contribution in [3.8, 4) is 0 Å². The monoisotopic (exact) mass is 287 g/mol. The largest absolute Gasteiger partial charge is 0.476 e. The number of halogens is 1. The van der Waals surface area contributed by atoms with Gasteiger partial charge in [-0.3, -0.25) is 0 Å². The first-order valence-electron chi connectivity index (χ1n) is 4.02. The fraction of sp³-hybridized carbons (Fsp3) is 0.125. The van der Waals surface area contributed by atoms with E-state index in [2.05, 4.69) is 26.2 Å². The summed E-state index contributed by atoms with van der Waals surface area (Å²) < 4.78 is 2.50. The van der Waals surface area contributed by atoms with Crippen LogP contribution in [0.3, 0.4) is 0 Å². The molecule has 0 aromatic carbocycles. The maximum atomic E-state index is 10.6. The zero-order chi connectivity index (χ0) is 10.8. The Morgan fingerprint density at radius 1 is 1.67 bits per heavy atom. The number of carboxylic acid groups (broad SMARTS) is 1. The minimum Gasteiger partial charge on any atom is -0.476 e. The quantitative estimate of drug-likeness (QED) is 0.935. The number of nitrogens with zero attached hydrogens (tertiary/aromatic N) is 3. The lowest BCUT2D eigenvalue weighted by Crippen LogP contribution is -1.99. The van der Waals surface area contributed by atoms with E-state index in [1.807, 2.05) is 11.4 Å². The summed E-state index contributed by atoms with van der Waals surface area (Å²) in [5, 5.41) is 17.9. The van der Waals surface area contributed by atoms with Crippen LogP contribution in [0.1, 0.15) is 15.4 Å². The average Bonchev–Trinajstić information content (AvgIpc) is 2.77. The Labute approximate surface area is 97.5 Å². The number of thiophene rings is 1. The normalized spacial score (nSPS) is 10.5. The second-order valence-corrected chi connectivity index (χ2v) is 4.65. The van der Waals surface area contributed by atoms with Gasteiger partial charge in [-0.25, -0.2) is 9.48 Å². The zero-order valence-electron chi connectivity index (χ0n) is 7.42. The maximum Gasteiger partial charge on any atom is 0.358 e. The molecule has 0 bridgehead atoms. The van der Waals surface area contributed by atoms with E-state index in [4.69, 9.17) is 5.11 Å². The predicted octanol–water partition coefficient (Wildman–Crippen LogP) is 1.85. The van der Waals surface area contributed by atoms with Gasteiger partial charge in [0, 0.05) is 9.35 Å². The molecular weight excluding hydrogens is 282 g/mol. The highest BCUT2D eigenvalue weighted by molar-refractivity contribution is 9.10. The van der Waals surface area contributed by atoms with Gasteiger partial charge in [-0.2, -0.15) is 0 Å². The number of hydrogen-bond acceptors (Lipinski definition) is 4. The van der Waals surface area contributed by atoms with E-state index in [1.165, 1.54) is 10.9 Å². The van der Waals surface area contributed by atoms with Crippen molar-refractivity contribution < 1.29 is 9.90 Å². The lowest BCUT2D eigenvalue weighted by molar-refractivity contribution is 0.0690. The van der Waals surface area contributed by atoms with Crippen LogP contribution in [-0.4, -0.2) is 26.1 Å². The molecule has 0 fully saturated rings. The highest BCUT2D eigenvalue weighted by Gasteiger charge is 2.09. The Morgan fingerprint density at radius 2 is 2.47 bits per heavy atom. The van der Waals surface area contributed by atoms with Crippen LogP contribution >= 0.6 is 27.3 Å². The lowest BCUT2D eigenvalue weighted by Gasteiger charge is -1.96. The Morgan fingerprint density at radius 3 is 3.00 bits per heavy atom. The van der Waals surface area contributed by atoms with Crippen molar-refractivity contribution in [1.82, 2.24) is 15.0 Å². The number of aromatic nitrogens is 3. The first kappa shape index (κ1) is 10.3. The molecule has 5 nitrogen and oxygen atoms in total. The van der Waals surface area contributed by atoms with Gasteiger partial charge in [0.15, 0.2) is 5.69 Å². The molecule has 0 atom stereocenters. The molecular formula is C8H6BrN3O2S. The van der Waals surface area contributed by atoms with Crippen LogP contribution < -0.4 is 0 Å². The van der Waals surface area contributed by atoms with Crippen LogP contribution in [0, 0.1) is 0 Å². The van der Waals surface area contributed by atoms with Gasteiger partial charge in [0.2, 0.25) is 0 Å². The van der Waals surface area contributed by atoms with Crippen LogP contribution in [-0.2, 0) is 6.54 Å². The van der Waals surface area contributed by atoms with Gasteiger partial charge in [0.25, 0.3) is 0 Å². The summed E-state index contributed by atoms with van der Waals surface area (Å²) in [7, 11) is 0. The molecule has 0 aliphatic rings. The standard InChI is InChI=1S/C8H6BrN3O2S/c9-5-1-2-15-7(5)4-12-3-6(8(13)14)10-11-12/h1-3H,4H2,(H,13,14). The smallest absolute Gasteiger partial charge is 0.358 e. The number of hydrogen-bond donors (Lipinski definition) is 1. The molecule has 1 N–H and O–H groups in total. The van der Waals surface area contributed by atoms with Crippen LogP contribution in [0.25, 0.3) is 0 Å². The molecule has 0 unspecified atom stereocenters. The summed E-state index contributed by atoms with van der Waals surface area (Å²) in [6, 6.07) is 1.94. The van der Waals surface area contributed by atoms with Crippen molar-refractivity contribution in [2.24, 2.45) is 0 Å². The summed E-state index contributed by atoms with van der Waals surface area (Å²) in [5.41, 5.74) is -0.0392. The van der Waals surface area contributed by atoms with Crippen molar-refractivity contribution in [1.29, 1.82) is 0 Å². The fourth-order valence-electron chi connectivity index (χ4n) is 1.06. The first-order chi connectivity index (χ1) is 7.16. The summed E-state index contributed by atoms with van der Waals surface area (Å²) in [4.78, 5) is 11.6. The van der Waals surface area contributed by atoms with Crippen molar-refractivity contribution in [2.75, 3.05) is 0 Å². The highest BCUT2D eigenvalue weighted by atomic mass is 79.9. The van der Waals surface area contributed by atoms with Gasteiger partial charge in [0.1, 0.15) is 0 Å². The Bertz CT molecular complexity index is 494. The molecule has 78 valence electrons. The highest BCUT2D eigenvalue weighted by Crippen LogP contribution is 2.23. The number of rotatable bonds is 3. The van der Waals surface area contributed by atoms with E-state index in [1.54, 1.807) is 11.3 Å².